The van der Waals surface area contributed by atoms with Crippen LogP contribution in [0.3, 0.4) is 0 Å². The number of azo groups is 1. The number of aromatic nitrogens is 2. The number of H-pyrrole nitrogens is 1. The number of hydrogen-bond donors (Lipinski definition) is 1. The van der Waals surface area contributed by atoms with Gasteiger partial charge in [-0.05, 0) is 70.7 Å². The Morgan fingerprint density at radius 1 is 1.14 bits per heavy atom. The Labute approximate surface area is 214 Å². The molecule has 0 spiro atoms. The lowest BCUT2D eigenvalue weighted by molar-refractivity contribution is 0.0584. The second-order valence-electron chi connectivity index (χ2n) is 10.3. The highest BCUT2D eigenvalue weighted by atomic mass is 35.5. The average Bonchev–Trinajstić information content (AvgIpc) is 3.07. The lowest BCUT2D eigenvalue weighted by atomic mass is 9.78. The van der Waals surface area contributed by atoms with E-state index in [0.29, 0.717) is 29.2 Å². The van der Waals surface area contributed by atoms with Crippen LogP contribution in [-0.4, -0.2) is 28.2 Å². The Balaban J connectivity index is 1.49. The normalized spacial score (nSPS) is 22.0. The third-order valence-corrected chi connectivity index (χ3v) is 7.14. The molecule has 5 rings (SSSR count). The van der Waals surface area contributed by atoms with Crippen LogP contribution in [0.4, 0.5) is 10.5 Å². The number of anilines is 1. The number of pyridine rings is 1. The van der Waals surface area contributed by atoms with Gasteiger partial charge in [0.2, 0.25) is 0 Å². The molecule has 35 heavy (non-hydrogen) atoms. The van der Waals surface area contributed by atoms with Gasteiger partial charge >= 0.3 is 6.09 Å². The molecule has 0 aromatic carbocycles. The van der Waals surface area contributed by atoms with Crippen LogP contribution in [0.2, 0.25) is 5.15 Å². The number of ether oxygens (including phenoxy) is 1. The van der Waals surface area contributed by atoms with E-state index in [1.807, 2.05) is 45.1 Å². The van der Waals surface area contributed by atoms with Gasteiger partial charge in [0.25, 0.3) is 0 Å². The maximum atomic E-state index is 13.1. The van der Waals surface area contributed by atoms with Crippen LogP contribution in [0.25, 0.3) is 11.8 Å². The van der Waals surface area contributed by atoms with Crippen molar-refractivity contribution in [2.45, 2.75) is 64.5 Å². The summed E-state index contributed by atoms with van der Waals surface area (Å²) in [6.07, 6.45) is 7.25. The Kier molecular flexibility index (Phi) is 6.49. The van der Waals surface area contributed by atoms with Crippen LogP contribution in [0.15, 0.2) is 39.5 Å². The number of rotatable bonds is 2. The summed E-state index contributed by atoms with van der Waals surface area (Å²) in [5, 5.41) is 11.9. The molecule has 1 amide bonds. The van der Waals surface area contributed by atoms with Crippen molar-refractivity contribution in [3.63, 3.8) is 0 Å². The average molecular weight is 514 g/mol. The predicted molar refractivity (Wildman–Crippen MR) is 138 cm³/mol. The number of halogens is 2. The molecule has 1 fully saturated rings. The van der Waals surface area contributed by atoms with Gasteiger partial charge in [0.05, 0.1) is 28.6 Å². The highest BCUT2D eigenvalue weighted by molar-refractivity contribution is 6.34. The molecule has 1 N–H and O–H groups in total. The van der Waals surface area contributed by atoms with Gasteiger partial charge < -0.3 is 9.72 Å². The number of hydrogen-bond acceptors (Lipinski definition) is 5. The summed E-state index contributed by atoms with van der Waals surface area (Å²) in [7, 11) is 0. The fourth-order valence-electron chi connectivity index (χ4n) is 5.12. The second-order valence-corrected chi connectivity index (χ2v) is 11.1. The fourth-order valence-corrected chi connectivity index (χ4v) is 5.47. The van der Waals surface area contributed by atoms with Crippen molar-refractivity contribution in [1.82, 2.24) is 9.97 Å². The monoisotopic (exact) mass is 513 g/mol. The first-order valence-electron chi connectivity index (χ1n) is 12.0. The number of nitrogens with zero attached hydrogens (tertiary/aromatic N) is 4. The van der Waals surface area contributed by atoms with E-state index in [1.54, 1.807) is 4.90 Å². The second kappa shape index (κ2) is 9.43. The number of carbonyl (C=O) groups is 1. The fraction of sp³-hybridized carbons (Fsp3) is 0.462. The lowest BCUT2D eigenvalue weighted by Gasteiger charge is -2.29. The Morgan fingerprint density at radius 2 is 1.89 bits per heavy atom. The minimum atomic E-state index is -0.607. The largest absolute Gasteiger partial charge is 0.443 e. The van der Waals surface area contributed by atoms with Crippen molar-refractivity contribution in [2.24, 2.45) is 16.1 Å². The molecular formula is C26H29Cl2N5O2. The molecule has 4 heterocycles. The molecule has 3 aliphatic rings. The zero-order chi connectivity index (χ0) is 24.7. The van der Waals surface area contributed by atoms with Crippen molar-refractivity contribution >= 4 is 46.8 Å². The Hall–Kier alpha value is -2.64. The first-order valence-corrected chi connectivity index (χ1v) is 12.8. The van der Waals surface area contributed by atoms with Crippen molar-refractivity contribution in [3.8, 4) is 0 Å². The molecule has 1 saturated carbocycles. The summed E-state index contributed by atoms with van der Waals surface area (Å²) in [5.74, 6) is 0.669. The molecule has 2 aromatic heterocycles. The zero-order valence-electron chi connectivity index (χ0n) is 20.1. The summed E-state index contributed by atoms with van der Waals surface area (Å²) < 4.78 is 5.70. The van der Waals surface area contributed by atoms with Crippen LogP contribution >= 0.6 is 23.2 Å². The molecule has 9 heteroatoms. The highest BCUT2D eigenvalue weighted by Gasteiger charge is 2.32. The predicted octanol–water partition coefficient (Wildman–Crippen LogP) is 5.77. The minimum absolute atomic E-state index is 0.275. The third kappa shape index (κ3) is 5.02. The third-order valence-electron chi connectivity index (χ3n) is 6.67. The summed E-state index contributed by atoms with van der Waals surface area (Å²) in [6, 6.07) is 5.83. The van der Waals surface area contributed by atoms with Crippen LogP contribution in [-0.2, 0) is 11.3 Å². The highest BCUT2D eigenvalue weighted by Crippen LogP contribution is 2.39. The van der Waals surface area contributed by atoms with Gasteiger partial charge in [-0.25, -0.2) is 9.78 Å². The van der Waals surface area contributed by atoms with E-state index in [1.165, 1.54) is 0 Å². The van der Waals surface area contributed by atoms with Gasteiger partial charge in [-0.3, -0.25) is 4.90 Å². The molecule has 0 bridgehead atoms. The maximum Gasteiger partial charge on any atom is 0.415 e. The number of nitrogens with one attached hydrogen (secondary N) is 1. The van der Waals surface area contributed by atoms with Crippen LogP contribution in [0.1, 0.15) is 63.6 Å². The van der Waals surface area contributed by atoms with E-state index in [9.17, 15) is 4.79 Å². The summed E-state index contributed by atoms with van der Waals surface area (Å²) >= 11 is 12.5. The van der Waals surface area contributed by atoms with Gasteiger partial charge in [-0.15, -0.1) is 0 Å². The first-order chi connectivity index (χ1) is 16.7. The first kappa shape index (κ1) is 24.1. The van der Waals surface area contributed by atoms with E-state index in [0.717, 1.165) is 59.0 Å². The van der Waals surface area contributed by atoms with Crippen LogP contribution in [0, 0.1) is 5.92 Å². The van der Waals surface area contributed by atoms with Crippen molar-refractivity contribution in [1.29, 1.82) is 0 Å². The molecule has 0 saturated heterocycles. The molecular weight excluding hydrogens is 485 g/mol. The standard InChI is InChI=1S/C26H29Cl2N5O2/c1-26(2,3)35-25(34)33-12-11-17(27)13-20-24(33)18-14-29-32-22(23(18)31-20)16-9-7-15(8-10-16)19-5-4-6-21(28)30-19/h4-6,11,13,15-16,31H,7-10,12,14H2,1-3H3/t15-,16-. The van der Waals surface area contributed by atoms with E-state index < -0.39 is 11.7 Å². The molecule has 2 aliphatic heterocycles. The Morgan fingerprint density at radius 3 is 2.60 bits per heavy atom. The summed E-state index contributed by atoms with van der Waals surface area (Å²) in [4.78, 5) is 22.8. The molecule has 1 aliphatic carbocycles. The van der Waals surface area contributed by atoms with Crippen molar-refractivity contribution in [3.05, 3.63) is 56.4 Å². The van der Waals surface area contributed by atoms with E-state index in [-0.39, 0.29) is 5.92 Å². The molecule has 0 radical (unpaired) electrons. The van der Waals surface area contributed by atoms with Crippen LogP contribution < -0.4 is 15.6 Å². The smallest absolute Gasteiger partial charge is 0.415 e. The number of aromatic amines is 1. The molecule has 0 atom stereocenters. The van der Waals surface area contributed by atoms with Gasteiger partial charge in [-0.1, -0.05) is 29.3 Å². The van der Waals surface area contributed by atoms with Crippen molar-refractivity contribution in [2.75, 3.05) is 11.4 Å². The number of fused-ring (bicyclic) bond motifs is 3. The quantitative estimate of drug-likeness (QED) is 0.517. The number of allylic oxidation sites excluding steroid dienone is 1. The lowest BCUT2D eigenvalue weighted by Crippen LogP contribution is -2.39. The van der Waals surface area contributed by atoms with Crippen molar-refractivity contribution < 1.29 is 9.53 Å². The maximum absolute atomic E-state index is 13.1. The topological polar surface area (TPSA) is 82.9 Å². The van der Waals surface area contributed by atoms with Gasteiger partial charge in [0.15, 0.2) is 0 Å². The summed E-state index contributed by atoms with van der Waals surface area (Å²) in [5.41, 5.74) is 3.14. The zero-order valence-corrected chi connectivity index (χ0v) is 21.7. The minimum Gasteiger partial charge on any atom is -0.443 e. The molecule has 184 valence electrons. The SMILES string of the molecule is CC(C)(C)OC(=O)N1CC=C(Cl)C=c2[nH]c3c(c21)CN=NC=3[C@H]1CC[C@H](c2cccc(Cl)n2)CC1. The van der Waals surface area contributed by atoms with Crippen LogP contribution in [0.5, 0.6) is 0 Å². The molecule has 7 nitrogen and oxygen atoms in total. The van der Waals surface area contributed by atoms with Gasteiger partial charge in [-0.2, -0.15) is 10.2 Å². The number of amides is 1. The van der Waals surface area contributed by atoms with Gasteiger partial charge in [0.1, 0.15) is 10.8 Å². The van der Waals surface area contributed by atoms with E-state index in [4.69, 9.17) is 27.9 Å². The van der Waals surface area contributed by atoms with E-state index >= 15 is 0 Å². The van der Waals surface area contributed by atoms with E-state index in [2.05, 4.69) is 26.3 Å². The molecule has 0 unspecified atom stereocenters. The van der Waals surface area contributed by atoms with Gasteiger partial charge in [0, 0.05) is 34.7 Å². The Bertz CT molecular complexity index is 1330. The summed E-state index contributed by atoms with van der Waals surface area (Å²) in [6.45, 7) is 6.31. The number of carbonyl (C=O) groups excluding carboxylic acids is 1. The molecule has 2 aromatic rings.